The van der Waals surface area contributed by atoms with E-state index in [1.165, 1.54) is 20.3 Å². The van der Waals surface area contributed by atoms with Crippen LogP contribution in [0.1, 0.15) is 5.56 Å². The summed E-state index contributed by atoms with van der Waals surface area (Å²) in [5.41, 5.74) is 0.771. The van der Waals surface area contributed by atoms with Crippen LogP contribution >= 0.6 is 0 Å². The molecule has 0 unspecified atom stereocenters. The molecule has 0 aromatic heterocycles. The summed E-state index contributed by atoms with van der Waals surface area (Å²) in [6.07, 6.45) is 1.62. The Morgan fingerprint density at radius 2 is 1.78 bits per heavy atom. The van der Waals surface area contributed by atoms with Gasteiger partial charge in [-0.25, -0.2) is 14.3 Å². The van der Waals surface area contributed by atoms with Crippen molar-refractivity contribution in [1.29, 1.82) is 0 Å². The van der Waals surface area contributed by atoms with Gasteiger partial charge in [-0.05, 0) is 6.07 Å². The molecule has 0 saturated heterocycles. The molecule has 102 valence electrons. The second-order valence-electron chi connectivity index (χ2n) is 3.68. The van der Waals surface area contributed by atoms with Crippen molar-refractivity contribution in [3.8, 4) is 11.5 Å². The minimum atomic E-state index is -3.38. The van der Waals surface area contributed by atoms with Gasteiger partial charge in [-0.2, -0.15) is 0 Å². The molecule has 0 fully saturated rings. The molecule has 1 aromatic rings. The van der Waals surface area contributed by atoms with Crippen LogP contribution in [-0.4, -0.2) is 35.5 Å². The van der Waals surface area contributed by atoms with Crippen LogP contribution < -0.4 is 15.4 Å². The van der Waals surface area contributed by atoms with Crippen LogP contribution in [0.4, 0.5) is 0 Å². The predicted octanol–water partition coefficient (Wildman–Crippen LogP) is 0.540. The zero-order valence-corrected chi connectivity index (χ0v) is 11.4. The third-order valence-electron chi connectivity index (χ3n) is 2.45. The highest BCUT2D eigenvalue weighted by atomic mass is 32.2. The van der Waals surface area contributed by atoms with Crippen molar-refractivity contribution in [2.75, 3.05) is 27.1 Å². The number of methoxy groups -OCH3 is 2. The van der Waals surface area contributed by atoms with Crippen LogP contribution in [0.25, 0.3) is 0 Å². The maximum Gasteiger partial charge on any atom is 0.179 e. The molecule has 0 aliphatic rings. The molecule has 0 radical (unpaired) electrons. The average molecular weight is 275 g/mol. The second kappa shape index (κ2) is 6.03. The zero-order valence-electron chi connectivity index (χ0n) is 10.6. The van der Waals surface area contributed by atoms with Gasteiger partial charge in [-0.1, -0.05) is 6.07 Å². The van der Waals surface area contributed by atoms with Gasteiger partial charge in [0.1, 0.15) is 4.90 Å². The first-order chi connectivity index (χ1) is 8.45. The number of rotatable bonds is 6. The normalized spacial score (nSPS) is 11.3. The van der Waals surface area contributed by atoms with Crippen LogP contribution in [0, 0.1) is 0 Å². The Hall–Kier alpha value is -1.31. The van der Waals surface area contributed by atoms with Crippen LogP contribution in [0.3, 0.4) is 0 Å². The summed E-state index contributed by atoms with van der Waals surface area (Å²) in [5.74, 6) is 5.56. The van der Waals surface area contributed by atoms with Gasteiger partial charge in [0.15, 0.2) is 21.3 Å². The third kappa shape index (κ3) is 3.12. The van der Waals surface area contributed by atoms with E-state index in [0.717, 1.165) is 11.8 Å². The van der Waals surface area contributed by atoms with E-state index < -0.39 is 9.84 Å². The standard InChI is InChI=1S/C11H17NO5S/c1-15-10-8(6-7-17-12)4-5-9(11(10)16-2)18(3,13)14/h4-5H,6-7,12H2,1-3H3. The molecule has 0 spiro atoms. The molecule has 0 saturated carbocycles. The smallest absolute Gasteiger partial charge is 0.179 e. The maximum atomic E-state index is 11.6. The Kier molecular flexibility index (Phi) is 4.94. The van der Waals surface area contributed by atoms with Gasteiger partial charge in [-0.3, -0.25) is 0 Å². The predicted molar refractivity (Wildman–Crippen MR) is 66.5 cm³/mol. The maximum absolute atomic E-state index is 11.6. The first-order valence-electron chi connectivity index (χ1n) is 5.21. The topological polar surface area (TPSA) is 87.9 Å². The van der Waals surface area contributed by atoms with Crippen molar-refractivity contribution in [3.63, 3.8) is 0 Å². The molecule has 1 aromatic carbocycles. The Bertz CT molecular complexity index is 512. The molecule has 0 aliphatic heterocycles. The minimum Gasteiger partial charge on any atom is -0.493 e. The van der Waals surface area contributed by atoms with Crippen molar-refractivity contribution in [2.24, 2.45) is 5.90 Å². The number of sulfone groups is 1. The fourth-order valence-corrected chi connectivity index (χ4v) is 2.49. The molecule has 1 rings (SSSR count). The van der Waals surface area contributed by atoms with E-state index in [1.54, 1.807) is 6.07 Å². The van der Waals surface area contributed by atoms with Crippen molar-refractivity contribution in [2.45, 2.75) is 11.3 Å². The van der Waals surface area contributed by atoms with Crippen molar-refractivity contribution < 1.29 is 22.7 Å². The highest BCUT2D eigenvalue weighted by Gasteiger charge is 2.21. The Morgan fingerprint density at radius 3 is 2.22 bits per heavy atom. The molecule has 0 aliphatic carbocycles. The zero-order chi connectivity index (χ0) is 13.8. The monoisotopic (exact) mass is 275 g/mol. The quantitative estimate of drug-likeness (QED) is 0.762. The molecule has 2 N–H and O–H groups in total. The van der Waals surface area contributed by atoms with Crippen molar-refractivity contribution in [1.82, 2.24) is 0 Å². The highest BCUT2D eigenvalue weighted by molar-refractivity contribution is 7.90. The van der Waals surface area contributed by atoms with Gasteiger partial charge in [-0.15, -0.1) is 0 Å². The second-order valence-corrected chi connectivity index (χ2v) is 5.67. The molecular weight excluding hydrogens is 258 g/mol. The molecule has 7 heteroatoms. The Morgan fingerprint density at radius 1 is 1.17 bits per heavy atom. The Labute approximate surface area is 107 Å². The summed E-state index contributed by atoms with van der Waals surface area (Å²) in [6, 6.07) is 3.15. The van der Waals surface area contributed by atoms with E-state index in [4.69, 9.17) is 15.4 Å². The first kappa shape index (κ1) is 14.7. The molecular formula is C11H17NO5S. The lowest BCUT2D eigenvalue weighted by molar-refractivity contribution is 0.140. The van der Waals surface area contributed by atoms with Crippen LogP contribution in [0.5, 0.6) is 11.5 Å². The van der Waals surface area contributed by atoms with E-state index in [1.807, 2.05) is 0 Å². The lowest BCUT2D eigenvalue weighted by Gasteiger charge is -2.15. The molecule has 0 heterocycles. The number of nitrogens with two attached hydrogens (primary N) is 1. The van der Waals surface area contributed by atoms with Crippen molar-refractivity contribution in [3.05, 3.63) is 17.7 Å². The summed E-state index contributed by atoms with van der Waals surface area (Å²) in [7, 11) is -0.523. The summed E-state index contributed by atoms with van der Waals surface area (Å²) < 4.78 is 33.6. The molecule has 0 bridgehead atoms. The van der Waals surface area contributed by atoms with Gasteiger partial charge in [0.2, 0.25) is 0 Å². The number of benzene rings is 1. The van der Waals surface area contributed by atoms with Crippen molar-refractivity contribution >= 4 is 9.84 Å². The van der Waals surface area contributed by atoms with Crippen LogP contribution in [0.2, 0.25) is 0 Å². The lowest BCUT2D eigenvalue weighted by Crippen LogP contribution is -2.08. The number of hydrogen-bond donors (Lipinski definition) is 1. The average Bonchev–Trinajstić information content (AvgIpc) is 2.33. The van der Waals surface area contributed by atoms with E-state index in [9.17, 15) is 8.42 Å². The minimum absolute atomic E-state index is 0.0965. The number of hydrogen-bond acceptors (Lipinski definition) is 6. The molecule has 6 nitrogen and oxygen atoms in total. The summed E-state index contributed by atoms with van der Waals surface area (Å²) >= 11 is 0. The third-order valence-corrected chi connectivity index (χ3v) is 3.57. The lowest BCUT2D eigenvalue weighted by atomic mass is 10.1. The molecule has 0 amide bonds. The Balaban J connectivity index is 3.36. The van der Waals surface area contributed by atoms with Gasteiger partial charge < -0.3 is 14.3 Å². The first-order valence-corrected chi connectivity index (χ1v) is 7.10. The van der Waals surface area contributed by atoms with Gasteiger partial charge >= 0.3 is 0 Å². The van der Waals surface area contributed by atoms with E-state index in [0.29, 0.717) is 18.8 Å². The fourth-order valence-electron chi connectivity index (χ4n) is 1.66. The fraction of sp³-hybridized carbons (Fsp3) is 0.455. The van der Waals surface area contributed by atoms with Crippen LogP contribution in [0.15, 0.2) is 17.0 Å². The van der Waals surface area contributed by atoms with Gasteiger partial charge in [0.05, 0.1) is 20.8 Å². The van der Waals surface area contributed by atoms with Gasteiger partial charge in [0.25, 0.3) is 0 Å². The highest BCUT2D eigenvalue weighted by Crippen LogP contribution is 2.37. The largest absolute Gasteiger partial charge is 0.493 e. The summed E-state index contributed by atoms with van der Waals surface area (Å²) in [5, 5.41) is 0. The summed E-state index contributed by atoms with van der Waals surface area (Å²) in [6.45, 7) is 0.303. The molecule has 0 atom stereocenters. The summed E-state index contributed by atoms with van der Waals surface area (Å²) in [4.78, 5) is 4.60. The molecule has 18 heavy (non-hydrogen) atoms. The van der Waals surface area contributed by atoms with E-state index >= 15 is 0 Å². The number of ether oxygens (including phenoxy) is 2. The van der Waals surface area contributed by atoms with E-state index in [-0.39, 0.29) is 10.6 Å². The van der Waals surface area contributed by atoms with E-state index in [2.05, 4.69) is 4.84 Å². The van der Waals surface area contributed by atoms with Crippen LogP contribution in [-0.2, 0) is 21.1 Å². The SMILES string of the molecule is COc1c(CCON)ccc(S(C)(=O)=O)c1OC. The van der Waals surface area contributed by atoms with Gasteiger partial charge in [0, 0.05) is 18.2 Å².